The van der Waals surface area contributed by atoms with Gasteiger partial charge in [-0.2, -0.15) is 0 Å². The molecule has 0 radical (unpaired) electrons. The number of allylic oxidation sites excluding steroid dienone is 6. The van der Waals surface area contributed by atoms with Gasteiger partial charge in [-0.25, -0.2) is 0 Å². The number of pyridine rings is 1. The highest BCUT2D eigenvalue weighted by atomic mass is 14.8. The molecular weight excluding hydrogens is 196 g/mol. The van der Waals surface area contributed by atoms with Gasteiger partial charge in [-0.05, 0) is 31.6 Å². The van der Waals surface area contributed by atoms with Gasteiger partial charge < -0.3 is 5.32 Å². The Morgan fingerprint density at radius 1 is 1.25 bits per heavy atom. The van der Waals surface area contributed by atoms with Crippen molar-refractivity contribution < 1.29 is 0 Å². The fourth-order valence-electron chi connectivity index (χ4n) is 1.32. The van der Waals surface area contributed by atoms with Crippen LogP contribution in [0.2, 0.25) is 0 Å². The molecule has 1 heterocycles. The Kier molecular flexibility index (Phi) is 5.06. The molecular formula is C14H18N2. The van der Waals surface area contributed by atoms with E-state index in [2.05, 4.69) is 22.5 Å². The Bertz CT molecular complexity index is 397. The van der Waals surface area contributed by atoms with E-state index in [-0.39, 0.29) is 0 Å². The molecule has 0 saturated heterocycles. The van der Waals surface area contributed by atoms with Crippen molar-refractivity contribution in [1.82, 2.24) is 4.98 Å². The van der Waals surface area contributed by atoms with Crippen molar-refractivity contribution in [2.45, 2.75) is 13.8 Å². The van der Waals surface area contributed by atoms with E-state index in [1.54, 1.807) is 0 Å². The van der Waals surface area contributed by atoms with E-state index in [0.29, 0.717) is 0 Å². The minimum absolute atomic E-state index is 0.982. The predicted octanol–water partition coefficient (Wildman–Crippen LogP) is 3.66. The maximum Gasteiger partial charge on any atom is 0.0703 e. The van der Waals surface area contributed by atoms with Gasteiger partial charge in [0.2, 0.25) is 0 Å². The first kappa shape index (κ1) is 12.2. The van der Waals surface area contributed by atoms with Gasteiger partial charge in [0.05, 0.1) is 17.6 Å². The zero-order chi connectivity index (χ0) is 11.8. The van der Waals surface area contributed by atoms with E-state index in [1.807, 2.05) is 57.5 Å². The summed E-state index contributed by atoms with van der Waals surface area (Å²) in [5.41, 5.74) is 3.12. The summed E-state index contributed by atoms with van der Waals surface area (Å²) in [6.45, 7) is 4.01. The van der Waals surface area contributed by atoms with E-state index in [0.717, 1.165) is 17.0 Å². The minimum Gasteiger partial charge on any atom is -0.387 e. The van der Waals surface area contributed by atoms with Crippen LogP contribution < -0.4 is 5.32 Å². The molecule has 0 aliphatic rings. The third-order valence-corrected chi connectivity index (χ3v) is 2.16. The number of hydrogen-bond acceptors (Lipinski definition) is 2. The second kappa shape index (κ2) is 6.62. The normalized spacial score (nSPS) is 12.6. The zero-order valence-corrected chi connectivity index (χ0v) is 10.1. The van der Waals surface area contributed by atoms with Crippen molar-refractivity contribution in [2.24, 2.45) is 0 Å². The Balaban J connectivity index is 3.01. The topological polar surface area (TPSA) is 24.9 Å². The second-order valence-corrected chi connectivity index (χ2v) is 3.33. The molecule has 0 bridgehead atoms. The summed E-state index contributed by atoms with van der Waals surface area (Å²) in [6.07, 6.45) is 12.0. The largest absolute Gasteiger partial charge is 0.387 e. The van der Waals surface area contributed by atoms with E-state index in [9.17, 15) is 0 Å². The van der Waals surface area contributed by atoms with Gasteiger partial charge in [0.25, 0.3) is 0 Å². The number of rotatable bonds is 4. The summed E-state index contributed by atoms with van der Waals surface area (Å²) in [5, 5.41) is 3.05. The number of anilines is 1. The number of hydrogen-bond donors (Lipinski definition) is 1. The van der Waals surface area contributed by atoms with Crippen LogP contribution in [0.3, 0.4) is 0 Å². The van der Waals surface area contributed by atoms with Gasteiger partial charge in [0, 0.05) is 7.05 Å². The summed E-state index contributed by atoms with van der Waals surface area (Å²) < 4.78 is 0. The lowest BCUT2D eigenvalue weighted by Gasteiger charge is -2.03. The summed E-state index contributed by atoms with van der Waals surface area (Å²) in [5.74, 6) is 0. The standard InChI is InChI=1S/C14H18N2/c1-4-6-8-12(7-5-2)14-10-9-13(15-3)11-16-14/h4-11,15H,1-3H3/b6-4-,7-5-,12-8+. The summed E-state index contributed by atoms with van der Waals surface area (Å²) in [4.78, 5) is 4.41. The van der Waals surface area contributed by atoms with E-state index < -0.39 is 0 Å². The quantitative estimate of drug-likeness (QED) is 0.774. The van der Waals surface area contributed by atoms with Crippen LogP contribution in [0.25, 0.3) is 5.57 Å². The van der Waals surface area contributed by atoms with E-state index >= 15 is 0 Å². The number of nitrogens with zero attached hydrogens (tertiary/aromatic N) is 1. The average Bonchev–Trinajstić information content (AvgIpc) is 2.35. The van der Waals surface area contributed by atoms with E-state index in [4.69, 9.17) is 0 Å². The van der Waals surface area contributed by atoms with E-state index in [1.165, 1.54) is 0 Å². The molecule has 1 aromatic rings. The fraction of sp³-hybridized carbons (Fsp3) is 0.214. The smallest absolute Gasteiger partial charge is 0.0703 e. The second-order valence-electron chi connectivity index (χ2n) is 3.33. The maximum absolute atomic E-state index is 4.41. The summed E-state index contributed by atoms with van der Waals surface area (Å²) in [6, 6.07) is 4.04. The van der Waals surface area contributed by atoms with Crippen LogP contribution in [-0.4, -0.2) is 12.0 Å². The lowest BCUT2D eigenvalue weighted by Crippen LogP contribution is -1.91. The van der Waals surface area contributed by atoms with Gasteiger partial charge in [-0.3, -0.25) is 4.98 Å². The molecule has 16 heavy (non-hydrogen) atoms. The molecule has 0 aromatic carbocycles. The first-order valence-electron chi connectivity index (χ1n) is 5.41. The first-order chi connectivity index (χ1) is 7.81. The molecule has 1 N–H and O–H groups in total. The Morgan fingerprint density at radius 3 is 2.56 bits per heavy atom. The SMILES string of the molecule is C\C=C/C=C(\C=C/C)c1ccc(NC)cn1. The molecule has 0 saturated carbocycles. The van der Waals surface area contributed by atoms with Gasteiger partial charge in [-0.1, -0.05) is 30.4 Å². The van der Waals surface area contributed by atoms with Crippen LogP contribution >= 0.6 is 0 Å². The van der Waals surface area contributed by atoms with Gasteiger partial charge in [0.1, 0.15) is 0 Å². The molecule has 0 aliphatic heterocycles. The Hall–Kier alpha value is -1.83. The van der Waals surface area contributed by atoms with Gasteiger partial charge in [-0.15, -0.1) is 0 Å². The first-order valence-corrected chi connectivity index (χ1v) is 5.41. The molecule has 0 amide bonds. The third kappa shape index (κ3) is 3.39. The van der Waals surface area contributed by atoms with Crippen molar-refractivity contribution in [3.63, 3.8) is 0 Å². The zero-order valence-electron chi connectivity index (χ0n) is 10.1. The Labute approximate surface area is 97.4 Å². The molecule has 1 aromatic heterocycles. The Morgan fingerprint density at radius 2 is 2.06 bits per heavy atom. The van der Waals surface area contributed by atoms with Crippen LogP contribution in [0, 0.1) is 0 Å². The average molecular weight is 214 g/mol. The van der Waals surface area contributed by atoms with Crippen LogP contribution in [0.5, 0.6) is 0 Å². The molecule has 2 nitrogen and oxygen atoms in total. The molecule has 0 fully saturated rings. The molecule has 84 valence electrons. The molecule has 0 atom stereocenters. The van der Waals surface area contributed by atoms with Crippen LogP contribution in [0.4, 0.5) is 5.69 Å². The molecule has 0 unspecified atom stereocenters. The molecule has 0 aliphatic carbocycles. The maximum atomic E-state index is 4.41. The third-order valence-electron chi connectivity index (χ3n) is 2.16. The predicted molar refractivity (Wildman–Crippen MR) is 71.4 cm³/mol. The van der Waals surface area contributed by atoms with Crippen molar-refractivity contribution in [1.29, 1.82) is 0 Å². The van der Waals surface area contributed by atoms with Crippen molar-refractivity contribution in [3.8, 4) is 0 Å². The van der Waals surface area contributed by atoms with Crippen LogP contribution in [0.1, 0.15) is 19.5 Å². The highest BCUT2D eigenvalue weighted by molar-refractivity contribution is 5.73. The monoisotopic (exact) mass is 214 g/mol. The summed E-state index contributed by atoms with van der Waals surface area (Å²) >= 11 is 0. The summed E-state index contributed by atoms with van der Waals surface area (Å²) in [7, 11) is 1.89. The van der Waals surface area contributed by atoms with Crippen molar-refractivity contribution in [2.75, 3.05) is 12.4 Å². The lowest BCUT2D eigenvalue weighted by atomic mass is 10.1. The number of aromatic nitrogens is 1. The van der Waals surface area contributed by atoms with Crippen LogP contribution in [0.15, 0.2) is 48.7 Å². The molecule has 1 rings (SSSR count). The lowest BCUT2D eigenvalue weighted by molar-refractivity contribution is 1.27. The molecule has 2 heteroatoms. The fourth-order valence-corrected chi connectivity index (χ4v) is 1.32. The van der Waals surface area contributed by atoms with Crippen molar-refractivity contribution >= 4 is 11.3 Å². The van der Waals surface area contributed by atoms with Crippen LogP contribution in [-0.2, 0) is 0 Å². The molecule has 0 spiro atoms. The highest BCUT2D eigenvalue weighted by Gasteiger charge is 1.98. The number of nitrogens with one attached hydrogen (secondary N) is 1. The highest BCUT2D eigenvalue weighted by Crippen LogP contribution is 2.15. The van der Waals surface area contributed by atoms with Crippen molar-refractivity contribution in [3.05, 3.63) is 54.4 Å². The minimum atomic E-state index is 0.982. The van der Waals surface area contributed by atoms with Gasteiger partial charge in [0.15, 0.2) is 0 Å². The van der Waals surface area contributed by atoms with Gasteiger partial charge >= 0.3 is 0 Å².